The first kappa shape index (κ1) is 9.81. The highest BCUT2D eigenvalue weighted by Gasteiger charge is 1.99. The standard InChI is InChI=1S/C10H10ClNO/c1-8(13-2)10(11)12-9-6-4-3-5-7-9/h3-7H,1H2,2H3. The predicted octanol–water partition coefficient (Wildman–Crippen LogP) is 3.12. The molecule has 0 atom stereocenters. The fourth-order valence-corrected chi connectivity index (χ4v) is 0.937. The van der Waals surface area contributed by atoms with Crippen LogP contribution in [0.5, 0.6) is 0 Å². The van der Waals surface area contributed by atoms with Gasteiger partial charge in [-0.1, -0.05) is 36.4 Å². The van der Waals surface area contributed by atoms with Crippen LogP contribution in [0.15, 0.2) is 47.7 Å². The number of hydrogen-bond donors (Lipinski definition) is 0. The van der Waals surface area contributed by atoms with Gasteiger partial charge in [0, 0.05) is 0 Å². The van der Waals surface area contributed by atoms with Gasteiger partial charge in [-0.15, -0.1) is 0 Å². The van der Waals surface area contributed by atoms with Crippen molar-refractivity contribution in [2.75, 3.05) is 7.11 Å². The average Bonchev–Trinajstić information content (AvgIpc) is 2.18. The monoisotopic (exact) mass is 195 g/mol. The van der Waals surface area contributed by atoms with E-state index in [1.807, 2.05) is 30.3 Å². The van der Waals surface area contributed by atoms with Crippen molar-refractivity contribution in [3.63, 3.8) is 0 Å². The van der Waals surface area contributed by atoms with E-state index in [0.29, 0.717) is 5.76 Å². The molecule has 1 aromatic rings. The summed E-state index contributed by atoms with van der Waals surface area (Å²) in [6.45, 7) is 3.58. The molecular formula is C10H10ClNO. The molecule has 13 heavy (non-hydrogen) atoms. The van der Waals surface area contributed by atoms with Crippen LogP contribution in [0.4, 0.5) is 5.69 Å². The van der Waals surface area contributed by atoms with Gasteiger partial charge < -0.3 is 4.74 Å². The zero-order valence-electron chi connectivity index (χ0n) is 7.33. The van der Waals surface area contributed by atoms with Crippen molar-refractivity contribution < 1.29 is 4.74 Å². The van der Waals surface area contributed by atoms with Crippen LogP contribution in [-0.4, -0.2) is 12.3 Å². The number of allylic oxidation sites excluding steroid dienone is 1. The van der Waals surface area contributed by atoms with Crippen LogP contribution >= 0.6 is 11.6 Å². The van der Waals surface area contributed by atoms with Gasteiger partial charge in [-0.25, -0.2) is 4.99 Å². The number of para-hydroxylation sites is 1. The van der Waals surface area contributed by atoms with Crippen LogP contribution in [-0.2, 0) is 4.74 Å². The Morgan fingerprint density at radius 2 is 2.00 bits per heavy atom. The fourth-order valence-electron chi connectivity index (χ4n) is 0.762. The molecule has 0 saturated carbocycles. The fraction of sp³-hybridized carbons (Fsp3) is 0.100. The van der Waals surface area contributed by atoms with E-state index in [-0.39, 0.29) is 5.17 Å². The summed E-state index contributed by atoms with van der Waals surface area (Å²) in [5.41, 5.74) is 0.783. The molecule has 2 nitrogen and oxygen atoms in total. The first-order valence-corrected chi connectivity index (χ1v) is 4.14. The van der Waals surface area contributed by atoms with Gasteiger partial charge in [-0.05, 0) is 12.1 Å². The number of hydrogen-bond acceptors (Lipinski definition) is 2. The highest BCUT2D eigenvalue weighted by Crippen LogP contribution is 2.13. The molecule has 1 aromatic carbocycles. The second-order valence-electron chi connectivity index (χ2n) is 2.37. The smallest absolute Gasteiger partial charge is 0.170 e. The van der Waals surface area contributed by atoms with E-state index in [4.69, 9.17) is 16.3 Å². The normalized spacial score (nSPS) is 11.1. The Hall–Kier alpha value is -1.28. The van der Waals surface area contributed by atoms with Crippen molar-refractivity contribution in [1.29, 1.82) is 0 Å². The minimum absolute atomic E-state index is 0.272. The summed E-state index contributed by atoms with van der Waals surface area (Å²) in [6.07, 6.45) is 0. The van der Waals surface area contributed by atoms with Crippen LogP contribution in [0, 0.1) is 0 Å². The third-order valence-electron chi connectivity index (χ3n) is 1.46. The molecular weight excluding hydrogens is 186 g/mol. The van der Waals surface area contributed by atoms with Crippen molar-refractivity contribution in [2.24, 2.45) is 4.99 Å². The van der Waals surface area contributed by atoms with Gasteiger partial charge in [0.2, 0.25) is 0 Å². The van der Waals surface area contributed by atoms with Gasteiger partial charge in [0.15, 0.2) is 5.17 Å². The SMILES string of the molecule is C=C(OC)C(Cl)=Nc1ccccc1. The second kappa shape index (κ2) is 4.67. The lowest BCUT2D eigenvalue weighted by molar-refractivity contribution is 0.318. The first-order chi connectivity index (χ1) is 6.24. The van der Waals surface area contributed by atoms with Crippen molar-refractivity contribution >= 4 is 22.5 Å². The van der Waals surface area contributed by atoms with E-state index >= 15 is 0 Å². The molecule has 0 bridgehead atoms. The van der Waals surface area contributed by atoms with Gasteiger partial charge in [0.05, 0.1) is 12.8 Å². The topological polar surface area (TPSA) is 21.6 Å². The molecule has 0 saturated heterocycles. The van der Waals surface area contributed by atoms with Gasteiger partial charge in [-0.2, -0.15) is 0 Å². The van der Waals surface area contributed by atoms with Crippen LogP contribution in [0.2, 0.25) is 0 Å². The number of aliphatic imine (C=N–C) groups is 1. The lowest BCUT2D eigenvalue weighted by atomic mass is 10.3. The van der Waals surface area contributed by atoms with Crippen molar-refractivity contribution in [2.45, 2.75) is 0 Å². The molecule has 0 amide bonds. The number of ether oxygens (including phenoxy) is 1. The Morgan fingerprint density at radius 1 is 1.38 bits per heavy atom. The van der Waals surface area contributed by atoms with E-state index < -0.39 is 0 Å². The molecule has 1 rings (SSSR count). The number of benzene rings is 1. The van der Waals surface area contributed by atoms with Crippen LogP contribution in [0.1, 0.15) is 0 Å². The molecule has 0 N–H and O–H groups in total. The minimum Gasteiger partial charge on any atom is -0.494 e. The molecule has 0 heterocycles. The zero-order chi connectivity index (χ0) is 9.68. The summed E-state index contributed by atoms with van der Waals surface area (Å²) < 4.78 is 4.83. The van der Waals surface area contributed by atoms with Crippen molar-refractivity contribution in [1.82, 2.24) is 0 Å². The lowest BCUT2D eigenvalue weighted by Gasteiger charge is -2.00. The molecule has 0 aliphatic heterocycles. The Labute approximate surface area is 82.5 Å². The Balaban J connectivity index is 2.83. The van der Waals surface area contributed by atoms with Gasteiger partial charge in [0.25, 0.3) is 0 Å². The first-order valence-electron chi connectivity index (χ1n) is 3.76. The van der Waals surface area contributed by atoms with E-state index in [2.05, 4.69) is 11.6 Å². The number of nitrogens with zero attached hydrogens (tertiary/aromatic N) is 1. The molecule has 0 radical (unpaired) electrons. The Morgan fingerprint density at radius 3 is 2.54 bits per heavy atom. The van der Waals surface area contributed by atoms with E-state index in [9.17, 15) is 0 Å². The van der Waals surface area contributed by atoms with Crippen molar-refractivity contribution in [3.8, 4) is 0 Å². The highest BCUT2D eigenvalue weighted by atomic mass is 35.5. The van der Waals surface area contributed by atoms with E-state index in [0.717, 1.165) is 5.69 Å². The average molecular weight is 196 g/mol. The molecule has 0 unspecified atom stereocenters. The lowest BCUT2D eigenvalue weighted by Crippen LogP contribution is -1.93. The molecule has 0 fully saturated rings. The summed E-state index contributed by atoms with van der Waals surface area (Å²) >= 11 is 5.79. The maximum atomic E-state index is 5.79. The van der Waals surface area contributed by atoms with Gasteiger partial charge in [0.1, 0.15) is 5.76 Å². The summed E-state index contributed by atoms with van der Waals surface area (Å²) in [7, 11) is 1.51. The Kier molecular flexibility index (Phi) is 3.53. The maximum absolute atomic E-state index is 5.79. The van der Waals surface area contributed by atoms with E-state index in [1.165, 1.54) is 7.11 Å². The number of rotatable bonds is 3. The molecule has 0 aromatic heterocycles. The third kappa shape index (κ3) is 2.92. The quantitative estimate of drug-likeness (QED) is 0.537. The molecule has 0 aliphatic rings. The summed E-state index contributed by atoms with van der Waals surface area (Å²) in [6, 6.07) is 9.39. The predicted molar refractivity (Wildman–Crippen MR) is 55.5 cm³/mol. The van der Waals surface area contributed by atoms with E-state index in [1.54, 1.807) is 0 Å². The molecule has 0 spiro atoms. The Bertz CT molecular complexity index is 319. The summed E-state index contributed by atoms with van der Waals surface area (Å²) in [5.74, 6) is 0.366. The number of methoxy groups -OCH3 is 1. The second-order valence-corrected chi connectivity index (χ2v) is 2.72. The third-order valence-corrected chi connectivity index (χ3v) is 1.76. The molecule has 0 aliphatic carbocycles. The largest absolute Gasteiger partial charge is 0.494 e. The molecule has 68 valence electrons. The van der Waals surface area contributed by atoms with Crippen molar-refractivity contribution in [3.05, 3.63) is 42.7 Å². The number of halogens is 1. The maximum Gasteiger partial charge on any atom is 0.170 e. The molecule has 3 heteroatoms. The highest BCUT2D eigenvalue weighted by molar-refractivity contribution is 6.69. The van der Waals surface area contributed by atoms with Crippen LogP contribution in [0.25, 0.3) is 0 Å². The zero-order valence-corrected chi connectivity index (χ0v) is 8.08. The van der Waals surface area contributed by atoms with Crippen LogP contribution in [0.3, 0.4) is 0 Å². The van der Waals surface area contributed by atoms with Gasteiger partial charge >= 0.3 is 0 Å². The summed E-state index contributed by atoms with van der Waals surface area (Å²) in [5, 5.41) is 0.272. The summed E-state index contributed by atoms with van der Waals surface area (Å²) in [4.78, 5) is 4.09. The minimum atomic E-state index is 0.272. The van der Waals surface area contributed by atoms with Crippen LogP contribution < -0.4 is 0 Å². The van der Waals surface area contributed by atoms with Gasteiger partial charge in [-0.3, -0.25) is 0 Å².